The molecule has 4 atom stereocenters. The fraction of sp³-hybridized carbons (Fsp3) is 1.00. The molecule has 2 heterocycles. The lowest BCUT2D eigenvalue weighted by Crippen LogP contribution is -2.22. The Morgan fingerprint density at radius 3 is 0.857 bits per heavy atom. The molecule has 0 radical (unpaired) electrons. The van der Waals surface area contributed by atoms with Gasteiger partial charge in [-0.1, -0.05) is 0 Å². The average Bonchev–Trinajstić information content (AvgIpc) is 2.67. The zero-order chi connectivity index (χ0) is 10.6. The second-order valence-electron chi connectivity index (χ2n) is 3.59. The standard InChI is InChI=1S/2C4H9NO2/c2*6-3-1-5-2-4(3)7/h2*3-7H,1-2H2/t2*3-,4-/m10/s1. The van der Waals surface area contributed by atoms with Gasteiger partial charge in [-0.15, -0.1) is 0 Å². The molecule has 0 aliphatic carbocycles. The van der Waals surface area contributed by atoms with Crippen molar-refractivity contribution >= 4 is 0 Å². The number of hydrogen-bond donors (Lipinski definition) is 6. The minimum Gasteiger partial charge on any atom is -0.389 e. The topological polar surface area (TPSA) is 105 Å². The lowest BCUT2D eigenvalue weighted by molar-refractivity contribution is 0.0572. The fourth-order valence-corrected chi connectivity index (χ4v) is 1.30. The molecule has 0 aromatic rings. The SMILES string of the molecule is O[C@@H]1CNC[C@H]1O.O[C@H]1CNC[C@@H]1O. The minimum atomic E-state index is -0.542. The van der Waals surface area contributed by atoms with Crippen LogP contribution in [0, 0.1) is 0 Å². The van der Waals surface area contributed by atoms with Crippen LogP contribution in [0.5, 0.6) is 0 Å². The largest absolute Gasteiger partial charge is 0.389 e. The molecule has 6 nitrogen and oxygen atoms in total. The van der Waals surface area contributed by atoms with Crippen molar-refractivity contribution in [2.24, 2.45) is 0 Å². The van der Waals surface area contributed by atoms with Crippen LogP contribution in [0.2, 0.25) is 0 Å². The summed E-state index contributed by atoms with van der Waals surface area (Å²) < 4.78 is 0. The van der Waals surface area contributed by atoms with Gasteiger partial charge in [-0.3, -0.25) is 0 Å². The fourth-order valence-electron chi connectivity index (χ4n) is 1.30. The quantitative estimate of drug-likeness (QED) is 0.247. The van der Waals surface area contributed by atoms with Crippen LogP contribution in [0.15, 0.2) is 0 Å². The summed E-state index contributed by atoms with van der Waals surface area (Å²) >= 11 is 0. The second kappa shape index (κ2) is 5.59. The first kappa shape index (κ1) is 11.8. The molecule has 2 fully saturated rings. The summed E-state index contributed by atoms with van der Waals surface area (Å²) in [5.41, 5.74) is 0. The highest BCUT2D eigenvalue weighted by molar-refractivity contribution is 4.79. The van der Waals surface area contributed by atoms with Crippen molar-refractivity contribution in [2.75, 3.05) is 26.2 Å². The Morgan fingerprint density at radius 1 is 0.571 bits per heavy atom. The highest BCUT2D eigenvalue weighted by atomic mass is 16.3. The van der Waals surface area contributed by atoms with Crippen molar-refractivity contribution in [1.29, 1.82) is 0 Å². The molecule has 14 heavy (non-hydrogen) atoms. The normalized spacial score (nSPS) is 42.0. The predicted octanol–water partition coefficient (Wildman–Crippen LogP) is -3.38. The molecular weight excluding hydrogens is 188 g/mol. The van der Waals surface area contributed by atoms with Gasteiger partial charge >= 0.3 is 0 Å². The van der Waals surface area contributed by atoms with Crippen molar-refractivity contribution in [3.05, 3.63) is 0 Å². The first-order valence-electron chi connectivity index (χ1n) is 4.75. The van der Waals surface area contributed by atoms with Gasteiger partial charge in [0.25, 0.3) is 0 Å². The van der Waals surface area contributed by atoms with Crippen molar-refractivity contribution in [1.82, 2.24) is 10.6 Å². The number of nitrogens with one attached hydrogen (secondary N) is 2. The lowest BCUT2D eigenvalue weighted by atomic mass is 10.3. The van der Waals surface area contributed by atoms with Crippen molar-refractivity contribution in [3.8, 4) is 0 Å². The van der Waals surface area contributed by atoms with Gasteiger partial charge < -0.3 is 31.1 Å². The smallest absolute Gasteiger partial charge is 0.0935 e. The van der Waals surface area contributed by atoms with Gasteiger partial charge in [0.05, 0.1) is 24.4 Å². The third-order valence-electron chi connectivity index (χ3n) is 2.30. The van der Waals surface area contributed by atoms with Crippen molar-refractivity contribution in [3.63, 3.8) is 0 Å². The van der Waals surface area contributed by atoms with Crippen LogP contribution in [0.3, 0.4) is 0 Å². The highest BCUT2D eigenvalue weighted by Crippen LogP contribution is 1.96. The molecule has 6 N–H and O–H groups in total. The number of rotatable bonds is 0. The number of aliphatic hydroxyl groups excluding tert-OH is 4. The molecular formula is C8H18N2O4. The molecule has 0 aromatic carbocycles. The average molecular weight is 206 g/mol. The van der Waals surface area contributed by atoms with E-state index in [9.17, 15) is 0 Å². The molecule has 0 amide bonds. The Balaban J connectivity index is 0.000000140. The van der Waals surface area contributed by atoms with E-state index in [0.717, 1.165) is 0 Å². The van der Waals surface area contributed by atoms with E-state index in [2.05, 4.69) is 10.6 Å². The third-order valence-corrected chi connectivity index (χ3v) is 2.30. The van der Waals surface area contributed by atoms with Crippen molar-refractivity contribution in [2.45, 2.75) is 24.4 Å². The summed E-state index contributed by atoms with van der Waals surface area (Å²) in [6.07, 6.45) is -2.17. The van der Waals surface area contributed by atoms with E-state index in [4.69, 9.17) is 20.4 Å². The monoisotopic (exact) mass is 206 g/mol. The van der Waals surface area contributed by atoms with E-state index in [-0.39, 0.29) is 0 Å². The molecule has 2 rings (SSSR count). The number of hydrogen-bond acceptors (Lipinski definition) is 6. The van der Waals surface area contributed by atoms with Crippen LogP contribution < -0.4 is 10.6 Å². The zero-order valence-corrected chi connectivity index (χ0v) is 7.93. The maximum atomic E-state index is 8.69. The van der Waals surface area contributed by atoms with Gasteiger partial charge in [-0.25, -0.2) is 0 Å². The minimum absolute atomic E-state index is 0.529. The summed E-state index contributed by atoms with van der Waals surface area (Å²) in [6, 6.07) is 0. The van der Waals surface area contributed by atoms with E-state index in [0.29, 0.717) is 26.2 Å². The Bertz CT molecular complexity index is 135. The summed E-state index contributed by atoms with van der Waals surface area (Å²) in [5, 5.41) is 40.4. The van der Waals surface area contributed by atoms with Gasteiger partial charge in [-0.2, -0.15) is 0 Å². The Hall–Kier alpha value is -0.240. The molecule has 2 saturated heterocycles. The predicted molar refractivity (Wildman–Crippen MR) is 49.8 cm³/mol. The van der Waals surface area contributed by atoms with Gasteiger partial charge in [0, 0.05) is 26.2 Å². The van der Waals surface area contributed by atoms with Crippen LogP contribution in [0.25, 0.3) is 0 Å². The lowest BCUT2D eigenvalue weighted by Gasteiger charge is -2.01. The maximum Gasteiger partial charge on any atom is 0.0935 e. The molecule has 2 aliphatic heterocycles. The van der Waals surface area contributed by atoms with Crippen LogP contribution in [0.1, 0.15) is 0 Å². The highest BCUT2D eigenvalue weighted by Gasteiger charge is 2.21. The molecule has 0 aromatic heterocycles. The van der Waals surface area contributed by atoms with E-state index in [1.165, 1.54) is 0 Å². The van der Waals surface area contributed by atoms with Crippen LogP contribution >= 0.6 is 0 Å². The van der Waals surface area contributed by atoms with Crippen LogP contribution in [-0.4, -0.2) is 71.0 Å². The Kier molecular flexibility index (Phi) is 4.73. The van der Waals surface area contributed by atoms with E-state index in [1.807, 2.05) is 0 Å². The van der Waals surface area contributed by atoms with E-state index in [1.54, 1.807) is 0 Å². The molecule has 6 heteroatoms. The Labute approximate surface area is 82.6 Å². The third kappa shape index (κ3) is 3.49. The van der Waals surface area contributed by atoms with E-state index >= 15 is 0 Å². The molecule has 84 valence electrons. The van der Waals surface area contributed by atoms with E-state index < -0.39 is 24.4 Å². The van der Waals surface area contributed by atoms with Gasteiger partial charge in [0.2, 0.25) is 0 Å². The van der Waals surface area contributed by atoms with Crippen molar-refractivity contribution < 1.29 is 20.4 Å². The molecule has 0 spiro atoms. The maximum absolute atomic E-state index is 8.69. The summed E-state index contributed by atoms with van der Waals surface area (Å²) in [5.74, 6) is 0. The van der Waals surface area contributed by atoms with Gasteiger partial charge in [0.15, 0.2) is 0 Å². The zero-order valence-electron chi connectivity index (χ0n) is 7.93. The number of aliphatic hydroxyl groups is 4. The second-order valence-corrected chi connectivity index (χ2v) is 3.59. The van der Waals surface area contributed by atoms with Crippen LogP contribution in [-0.2, 0) is 0 Å². The Morgan fingerprint density at radius 2 is 0.786 bits per heavy atom. The molecule has 0 saturated carbocycles. The molecule has 0 bridgehead atoms. The molecule has 0 unspecified atom stereocenters. The number of β-amino-alcohol motifs (C(OH)–C–C–N with tert-alkyl or cyclic N) is 4. The first-order valence-corrected chi connectivity index (χ1v) is 4.75. The first-order chi connectivity index (χ1) is 6.61. The van der Waals surface area contributed by atoms with Gasteiger partial charge in [0.1, 0.15) is 0 Å². The summed E-state index contributed by atoms with van der Waals surface area (Å²) in [7, 11) is 0. The van der Waals surface area contributed by atoms with Gasteiger partial charge in [-0.05, 0) is 0 Å². The van der Waals surface area contributed by atoms with Crippen LogP contribution in [0.4, 0.5) is 0 Å². The molecule has 2 aliphatic rings. The summed E-state index contributed by atoms with van der Waals surface area (Å²) in [4.78, 5) is 0. The summed E-state index contributed by atoms with van der Waals surface area (Å²) in [6.45, 7) is 2.12.